The number of carbonyl (C=O) groups is 2. The van der Waals surface area contributed by atoms with Gasteiger partial charge in [0.05, 0.1) is 6.54 Å². The first-order chi connectivity index (χ1) is 12.1. The summed E-state index contributed by atoms with van der Waals surface area (Å²) < 4.78 is 0. The number of rotatable bonds is 6. The van der Waals surface area contributed by atoms with Crippen LogP contribution < -0.4 is 5.32 Å². The predicted molar refractivity (Wildman–Crippen MR) is 102 cm³/mol. The minimum Gasteiger partial charge on any atom is -0.480 e. The Balaban J connectivity index is 0.00000243. The van der Waals surface area contributed by atoms with Crippen LogP contribution in [0.4, 0.5) is 5.69 Å². The lowest BCUT2D eigenvalue weighted by Gasteiger charge is -2.18. The number of carboxylic acids is 1. The van der Waals surface area contributed by atoms with Crippen LogP contribution in [-0.4, -0.2) is 44.7 Å². The molecule has 7 nitrogen and oxygen atoms in total. The van der Waals surface area contributed by atoms with Crippen LogP contribution in [0.3, 0.4) is 0 Å². The van der Waals surface area contributed by atoms with Crippen LogP contribution in [0.5, 0.6) is 0 Å². The highest BCUT2D eigenvalue weighted by Gasteiger charge is 2.31. The van der Waals surface area contributed by atoms with E-state index in [2.05, 4.69) is 22.4 Å². The molecule has 1 saturated heterocycles. The number of aryl methyl sites for hydroxylation is 1. The maximum Gasteiger partial charge on any atom is 0.320 e. The molecule has 26 heavy (non-hydrogen) atoms. The molecule has 1 aliphatic rings. The van der Waals surface area contributed by atoms with Crippen molar-refractivity contribution < 1.29 is 14.7 Å². The molecule has 2 heterocycles. The molecule has 0 bridgehead atoms. The molecule has 0 aliphatic carbocycles. The molecule has 2 N–H and O–H groups in total. The number of benzene rings is 1. The second-order valence-electron chi connectivity index (χ2n) is 5.97. The van der Waals surface area contributed by atoms with Gasteiger partial charge in [0.2, 0.25) is 5.01 Å². The van der Waals surface area contributed by atoms with Gasteiger partial charge in [0, 0.05) is 5.69 Å². The Bertz CT molecular complexity index is 766. The second-order valence-corrected chi connectivity index (χ2v) is 7.03. The summed E-state index contributed by atoms with van der Waals surface area (Å²) in [5.41, 5.74) is 1.92. The zero-order chi connectivity index (χ0) is 17.8. The highest BCUT2D eigenvalue weighted by molar-refractivity contribution is 7.13. The van der Waals surface area contributed by atoms with Gasteiger partial charge in [-0.3, -0.25) is 14.5 Å². The largest absolute Gasteiger partial charge is 0.480 e. The minimum atomic E-state index is -0.810. The molecule has 1 amide bonds. The van der Waals surface area contributed by atoms with Crippen molar-refractivity contribution in [3.8, 4) is 0 Å². The van der Waals surface area contributed by atoms with Crippen LogP contribution in [0.15, 0.2) is 24.3 Å². The van der Waals surface area contributed by atoms with Crippen LogP contribution in [-0.2, 0) is 17.8 Å². The molecule has 1 fully saturated rings. The van der Waals surface area contributed by atoms with Crippen molar-refractivity contribution in [3.63, 3.8) is 0 Å². The summed E-state index contributed by atoms with van der Waals surface area (Å²) in [4.78, 5) is 25.4. The summed E-state index contributed by atoms with van der Waals surface area (Å²) in [5.74, 6) is -1.11. The Kier molecular flexibility index (Phi) is 7.07. The molecule has 1 atom stereocenters. The summed E-state index contributed by atoms with van der Waals surface area (Å²) in [6.07, 6.45) is 2.45. The van der Waals surface area contributed by atoms with Gasteiger partial charge in [-0.15, -0.1) is 22.6 Å². The third-order valence-electron chi connectivity index (χ3n) is 4.27. The molecule has 0 radical (unpaired) electrons. The van der Waals surface area contributed by atoms with E-state index in [1.807, 2.05) is 29.2 Å². The van der Waals surface area contributed by atoms with Crippen molar-refractivity contribution in [1.82, 2.24) is 15.1 Å². The first-order valence-electron chi connectivity index (χ1n) is 8.26. The van der Waals surface area contributed by atoms with Crippen LogP contribution in [0.1, 0.15) is 40.1 Å². The number of halogens is 1. The molecule has 3 rings (SSSR count). The molecule has 9 heteroatoms. The zero-order valence-electron chi connectivity index (χ0n) is 14.3. The predicted octanol–water partition coefficient (Wildman–Crippen LogP) is 2.82. The molecular formula is C17H21ClN4O3S. The van der Waals surface area contributed by atoms with E-state index in [0.717, 1.165) is 19.4 Å². The van der Waals surface area contributed by atoms with E-state index in [9.17, 15) is 14.7 Å². The number of hydrogen-bond acceptors (Lipinski definition) is 6. The number of hydrogen-bond donors (Lipinski definition) is 2. The number of aliphatic carboxylic acids is 1. The SMILES string of the molecule is CCc1ccc(NC(=O)c2nnc(CN3CCC[C@H]3C(=O)O)s2)cc1.Cl. The zero-order valence-corrected chi connectivity index (χ0v) is 16.0. The summed E-state index contributed by atoms with van der Waals surface area (Å²) in [7, 11) is 0. The van der Waals surface area contributed by atoms with Crippen LogP contribution >= 0.6 is 23.7 Å². The highest BCUT2D eigenvalue weighted by Crippen LogP contribution is 2.22. The molecule has 2 aromatic rings. The molecule has 0 saturated carbocycles. The standard InChI is InChI=1S/C17H20N4O3S.ClH/c1-2-11-5-7-12(8-6-11)18-15(22)16-20-19-14(25-16)10-21-9-3-4-13(21)17(23)24;/h5-8,13H,2-4,9-10H2,1H3,(H,18,22)(H,23,24);1H/t13-;/m0./s1. The van der Waals surface area contributed by atoms with Gasteiger partial charge in [0.1, 0.15) is 11.0 Å². The van der Waals surface area contributed by atoms with Crippen LogP contribution in [0.25, 0.3) is 0 Å². The molecule has 1 aromatic heterocycles. The maximum atomic E-state index is 12.3. The van der Waals surface area contributed by atoms with E-state index in [0.29, 0.717) is 23.7 Å². The van der Waals surface area contributed by atoms with Gasteiger partial charge in [-0.25, -0.2) is 0 Å². The van der Waals surface area contributed by atoms with E-state index >= 15 is 0 Å². The van der Waals surface area contributed by atoms with E-state index in [-0.39, 0.29) is 23.3 Å². The van der Waals surface area contributed by atoms with Gasteiger partial charge >= 0.3 is 5.97 Å². The van der Waals surface area contributed by atoms with E-state index in [4.69, 9.17) is 0 Å². The lowest BCUT2D eigenvalue weighted by Crippen LogP contribution is -2.35. The van der Waals surface area contributed by atoms with E-state index in [1.54, 1.807) is 0 Å². The minimum absolute atomic E-state index is 0. The fraction of sp³-hybridized carbons (Fsp3) is 0.412. The van der Waals surface area contributed by atoms with Crippen molar-refractivity contribution in [2.24, 2.45) is 0 Å². The Hall–Kier alpha value is -2.03. The number of likely N-dealkylation sites (tertiary alicyclic amines) is 1. The smallest absolute Gasteiger partial charge is 0.320 e. The van der Waals surface area contributed by atoms with Gasteiger partial charge in [0.25, 0.3) is 5.91 Å². The Morgan fingerprint density at radius 1 is 1.31 bits per heavy atom. The first-order valence-corrected chi connectivity index (χ1v) is 9.08. The van der Waals surface area contributed by atoms with E-state index < -0.39 is 12.0 Å². The molecule has 140 valence electrons. The third-order valence-corrected chi connectivity index (χ3v) is 5.17. The number of aromatic nitrogens is 2. The van der Waals surface area contributed by atoms with Gasteiger partial charge in [-0.1, -0.05) is 30.4 Å². The van der Waals surface area contributed by atoms with Crippen molar-refractivity contribution in [1.29, 1.82) is 0 Å². The average molecular weight is 397 g/mol. The summed E-state index contributed by atoms with van der Waals surface area (Å²) in [6, 6.07) is 7.19. The lowest BCUT2D eigenvalue weighted by molar-refractivity contribution is -0.142. The Morgan fingerprint density at radius 2 is 2.04 bits per heavy atom. The number of nitrogens with one attached hydrogen (secondary N) is 1. The number of amides is 1. The highest BCUT2D eigenvalue weighted by atomic mass is 35.5. The van der Waals surface area contributed by atoms with Crippen LogP contribution in [0.2, 0.25) is 0 Å². The van der Waals surface area contributed by atoms with E-state index in [1.165, 1.54) is 16.9 Å². The lowest BCUT2D eigenvalue weighted by atomic mass is 10.1. The first kappa shape index (κ1) is 20.3. The van der Waals surface area contributed by atoms with Crippen LogP contribution in [0, 0.1) is 0 Å². The fourth-order valence-electron chi connectivity index (χ4n) is 2.89. The van der Waals surface area contributed by atoms with Crippen molar-refractivity contribution in [2.45, 2.75) is 38.8 Å². The number of carboxylic acid groups (broad SMARTS) is 1. The van der Waals surface area contributed by atoms with Gasteiger partial charge in [0.15, 0.2) is 0 Å². The molecule has 0 spiro atoms. The number of nitrogens with zero attached hydrogens (tertiary/aromatic N) is 3. The normalized spacial score (nSPS) is 16.9. The third kappa shape index (κ3) is 4.78. The summed E-state index contributed by atoms with van der Waals surface area (Å²) >= 11 is 1.20. The Morgan fingerprint density at radius 3 is 2.69 bits per heavy atom. The monoisotopic (exact) mass is 396 g/mol. The topological polar surface area (TPSA) is 95.4 Å². The maximum absolute atomic E-state index is 12.3. The van der Waals surface area contributed by atoms with Gasteiger partial charge in [-0.05, 0) is 43.5 Å². The second kappa shape index (κ2) is 9.07. The van der Waals surface area contributed by atoms with Gasteiger partial charge < -0.3 is 10.4 Å². The number of carbonyl (C=O) groups excluding carboxylic acids is 1. The van der Waals surface area contributed by atoms with Gasteiger partial charge in [-0.2, -0.15) is 0 Å². The fourth-order valence-corrected chi connectivity index (χ4v) is 3.65. The Labute approximate surface area is 161 Å². The molecular weight excluding hydrogens is 376 g/mol. The molecule has 1 aromatic carbocycles. The molecule has 0 unspecified atom stereocenters. The van der Waals surface area contributed by atoms with Crippen molar-refractivity contribution in [3.05, 3.63) is 39.8 Å². The summed E-state index contributed by atoms with van der Waals surface area (Å²) in [6.45, 7) is 3.21. The van der Waals surface area contributed by atoms with Crippen molar-refractivity contribution >= 4 is 41.3 Å². The van der Waals surface area contributed by atoms with Crippen molar-refractivity contribution in [2.75, 3.05) is 11.9 Å². The summed E-state index contributed by atoms with van der Waals surface area (Å²) in [5, 5.41) is 20.9. The average Bonchev–Trinajstić information content (AvgIpc) is 3.25. The quantitative estimate of drug-likeness (QED) is 0.779. The molecule has 1 aliphatic heterocycles. The number of anilines is 1.